The zero-order valence-electron chi connectivity index (χ0n) is 11.0. The fourth-order valence-electron chi connectivity index (χ4n) is 2.31. The first kappa shape index (κ1) is 13.1. The van der Waals surface area contributed by atoms with Crippen LogP contribution < -0.4 is 5.32 Å². The third kappa shape index (κ3) is 2.42. The number of nitrogens with one attached hydrogen (secondary N) is 2. The van der Waals surface area contributed by atoms with Gasteiger partial charge in [-0.15, -0.1) is 0 Å². The van der Waals surface area contributed by atoms with E-state index in [0.717, 1.165) is 18.7 Å². The molecule has 0 amide bonds. The molecule has 0 aliphatic carbocycles. The van der Waals surface area contributed by atoms with E-state index in [0.29, 0.717) is 17.8 Å². The van der Waals surface area contributed by atoms with Crippen LogP contribution in [0.5, 0.6) is 0 Å². The molecular formula is C13H20N2O3. The van der Waals surface area contributed by atoms with Crippen molar-refractivity contribution in [2.45, 2.75) is 45.4 Å². The van der Waals surface area contributed by atoms with E-state index >= 15 is 0 Å². The molecule has 1 aliphatic rings. The number of hydrogen-bond acceptors (Lipinski definition) is 3. The molecule has 18 heavy (non-hydrogen) atoms. The molecule has 1 aromatic heterocycles. The van der Waals surface area contributed by atoms with Crippen LogP contribution in [0.3, 0.4) is 0 Å². The lowest BCUT2D eigenvalue weighted by molar-refractivity contribution is 0.0696. The zero-order chi connectivity index (χ0) is 13.3. The second-order valence-electron chi connectivity index (χ2n) is 5.17. The monoisotopic (exact) mass is 252 g/mol. The van der Waals surface area contributed by atoms with Gasteiger partial charge in [0.05, 0.1) is 11.7 Å². The number of aromatic nitrogens is 1. The number of H-pyrrole nitrogens is 1. The third-order valence-electron chi connectivity index (χ3n) is 3.87. The molecule has 1 saturated heterocycles. The topological polar surface area (TPSA) is 74.3 Å². The highest BCUT2D eigenvalue weighted by atomic mass is 16.5. The highest BCUT2D eigenvalue weighted by molar-refractivity contribution is 5.89. The Balaban J connectivity index is 2.02. The lowest BCUT2D eigenvalue weighted by atomic mass is 9.94. The minimum absolute atomic E-state index is 0.0393. The van der Waals surface area contributed by atoms with Crippen molar-refractivity contribution in [3.8, 4) is 0 Å². The van der Waals surface area contributed by atoms with Crippen LogP contribution in [0, 0.1) is 6.92 Å². The van der Waals surface area contributed by atoms with Crippen LogP contribution in [0.2, 0.25) is 0 Å². The Kier molecular flexibility index (Phi) is 3.45. The summed E-state index contributed by atoms with van der Waals surface area (Å²) in [6, 6.07) is 1.69. The predicted octanol–water partition coefficient (Wildman–Crippen LogP) is 1.68. The maximum absolute atomic E-state index is 11.0. The summed E-state index contributed by atoms with van der Waals surface area (Å²) in [6.07, 6.45) is 1.15. The van der Waals surface area contributed by atoms with Gasteiger partial charge in [0.15, 0.2) is 0 Å². The lowest BCUT2D eigenvalue weighted by Gasteiger charge is -2.28. The quantitative estimate of drug-likeness (QED) is 0.762. The van der Waals surface area contributed by atoms with Crippen molar-refractivity contribution in [3.05, 3.63) is 23.0 Å². The van der Waals surface area contributed by atoms with Gasteiger partial charge < -0.3 is 20.1 Å². The largest absolute Gasteiger partial charge is 0.478 e. The summed E-state index contributed by atoms with van der Waals surface area (Å²) >= 11 is 0. The second kappa shape index (κ2) is 4.74. The summed E-state index contributed by atoms with van der Waals surface area (Å²) in [5.41, 5.74) is 1.89. The maximum atomic E-state index is 11.0. The molecule has 2 rings (SSSR count). The summed E-state index contributed by atoms with van der Waals surface area (Å²) in [5, 5.41) is 12.4. The smallest absolute Gasteiger partial charge is 0.337 e. The van der Waals surface area contributed by atoms with Gasteiger partial charge in [0.25, 0.3) is 0 Å². The Hall–Kier alpha value is -1.33. The fraction of sp³-hybridized carbons (Fsp3) is 0.615. The van der Waals surface area contributed by atoms with Gasteiger partial charge in [-0.1, -0.05) is 0 Å². The van der Waals surface area contributed by atoms with Crippen LogP contribution in [0.25, 0.3) is 0 Å². The average Bonchev–Trinajstić information content (AvgIpc) is 2.82. The molecule has 0 radical (unpaired) electrons. The first-order chi connectivity index (χ1) is 8.42. The van der Waals surface area contributed by atoms with Crippen LogP contribution in [0.15, 0.2) is 6.07 Å². The second-order valence-corrected chi connectivity index (χ2v) is 5.17. The summed E-state index contributed by atoms with van der Waals surface area (Å²) in [6.45, 7) is 7.37. The van der Waals surface area contributed by atoms with Gasteiger partial charge in [-0.05, 0) is 33.3 Å². The molecule has 1 aliphatic heterocycles. The molecule has 0 saturated carbocycles. The van der Waals surface area contributed by atoms with Gasteiger partial charge in [-0.2, -0.15) is 0 Å². The van der Waals surface area contributed by atoms with Gasteiger partial charge in [0.2, 0.25) is 0 Å². The van der Waals surface area contributed by atoms with Gasteiger partial charge in [0.1, 0.15) is 0 Å². The fourth-order valence-corrected chi connectivity index (χ4v) is 2.31. The first-order valence-corrected chi connectivity index (χ1v) is 6.21. The summed E-state index contributed by atoms with van der Waals surface area (Å²) < 4.78 is 5.56. The van der Waals surface area contributed by atoms with Crippen molar-refractivity contribution in [1.82, 2.24) is 10.3 Å². The van der Waals surface area contributed by atoms with Crippen molar-refractivity contribution in [1.29, 1.82) is 0 Å². The number of aromatic carboxylic acids is 1. The van der Waals surface area contributed by atoms with Crippen LogP contribution in [-0.4, -0.2) is 34.3 Å². The molecule has 2 heterocycles. The molecule has 0 bridgehead atoms. The van der Waals surface area contributed by atoms with E-state index in [1.54, 1.807) is 13.0 Å². The van der Waals surface area contributed by atoms with Gasteiger partial charge in [-0.25, -0.2) is 4.79 Å². The van der Waals surface area contributed by atoms with Crippen molar-refractivity contribution >= 4 is 5.97 Å². The van der Waals surface area contributed by atoms with Gasteiger partial charge in [-0.3, -0.25) is 0 Å². The number of ether oxygens (including phenoxy) is 1. The SMILES string of the molecule is Cc1[nH]c(CNC2(C)CCOC2C)cc1C(=O)O. The molecule has 1 aromatic rings. The Morgan fingerprint density at radius 1 is 1.72 bits per heavy atom. The van der Waals surface area contributed by atoms with Crippen LogP contribution in [0.4, 0.5) is 0 Å². The normalized spacial score (nSPS) is 27.6. The van der Waals surface area contributed by atoms with E-state index in [1.807, 2.05) is 0 Å². The lowest BCUT2D eigenvalue weighted by Crippen LogP contribution is -2.47. The van der Waals surface area contributed by atoms with Gasteiger partial charge in [0, 0.05) is 30.1 Å². The van der Waals surface area contributed by atoms with E-state index in [2.05, 4.69) is 24.1 Å². The van der Waals surface area contributed by atoms with E-state index in [-0.39, 0.29) is 11.6 Å². The highest BCUT2D eigenvalue weighted by Gasteiger charge is 2.36. The minimum atomic E-state index is -0.890. The molecular weight excluding hydrogens is 232 g/mol. The Labute approximate surface area is 107 Å². The number of carboxylic acids is 1. The van der Waals surface area contributed by atoms with Crippen LogP contribution in [0.1, 0.15) is 42.0 Å². The summed E-state index contributed by atoms with van der Waals surface area (Å²) in [4.78, 5) is 14.0. The molecule has 3 N–H and O–H groups in total. The maximum Gasteiger partial charge on any atom is 0.337 e. The van der Waals surface area contributed by atoms with Crippen molar-refractivity contribution in [3.63, 3.8) is 0 Å². The molecule has 0 spiro atoms. The Morgan fingerprint density at radius 2 is 2.44 bits per heavy atom. The number of aryl methyl sites for hydroxylation is 1. The number of carboxylic acid groups (broad SMARTS) is 1. The van der Waals surface area contributed by atoms with Crippen LogP contribution in [-0.2, 0) is 11.3 Å². The Bertz CT molecular complexity index is 455. The Morgan fingerprint density at radius 3 is 2.94 bits per heavy atom. The van der Waals surface area contributed by atoms with Crippen LogP contribution >= 0.6 is 0 Å². The molecule has 100 valence electrons. The van der Waals surface area contributed by atoms with Gasteiger partial charge >= 0.3 is 5.97 Å². The van der Waals surface area contributed by atoms with E-state index < -0.39 is 5.97 Å². The van der Waals surface area contributed by atoms with Crippen molar-refractivity contribution in [2.24, 2.45) is 0 Å². The van der Waals surface area contributed by atoms with E-state index in [9.17, 15) is 4.79 Å². The molecule has 0 aromatic carbocycles. The third-order valence-corrected chi connectivity index (χ3v) is 3.87. The highest BCUT2D eigenvalue weighted by Crippen LogP contribution is 2.25. The minimum Gasteiger partial charge on any atom is -0.478 e. The summed E-state index contributed by atoms with van der Waals surface area (Å²) in [5.74, 6) is -0.890. The number of hydrogen-bond donors (Lipinski definition) is 3. The standard InChI is InChI=1S/C13H20N2O3/c1-8-11(12(16)17)6-10(15-8)7-14-13(3)4-5-18-9(13)2/h6,9,14-15H,4-5,7H2,1-3H3,(H,16,17). The number of aromatic amines is 1. The molecule has 2 atom stereocenters. The molecule has 1 fully saturated rings. The van der Waals surface area contributed by atoms with Crippen molar-refractivity contribution in [2.75, 3.05) is 6.61 Å². The van der Waals surface area contributed by atoms with E-state index in [4.69, 9.17) is 9.84 Å². The first-order valence-electron chi connectivity index (χ1n) is 6.21. The van der Waals surface area contributed by atoms with Crippen molar-refractivity contribution < 1.29 is 14.6 Å². The zero-order valence-corrected chi connectivity index (χ0v) is 11.0. The summed E-state index contributed by atoms with van der Waals surface area (Å²) in [7, 11) is 0. The number of carbonyl (C=O) groups is 1. The molecule has 5 heteroatoms. The molecule has 2 unspecified atom stereocenters. The average molecular weight is 252 g/mol. The van der Waals surface area contributed by atoms with E-state index in [1.165, 1.54) is 0 Å². The number of rotatable bonds is 4. The molecule has 5 nitrogen and oxygen atoms in total. The predicted molar refractivity (Wildman–Crippen MR) is 67.8 cm³/mol.